The summed E-state index contributed by atoms with van der Waals surface area (Å²) >= 11 is 8.32. The fraction of sp³-hybridized carbons (Fsp3) is 0.0769. The molecule has 0 saturated heterocycles. The third-order valence-corrected chi connectivity index (χ3v) is 3.79. The molecular weight excluding hydrogens is 347 g/mol. The van der Waals surface area contributed by atoms with Crippen LogP contribution in [0.5, 0.6) is 0 Å². The van der Waals surface area contributed by atoms with E-state index in [-0.39, 0.29) is 6.04 Å². The smallest absolute Gasteiger partial charge is 0.0720 e. The number of nitrogens with one attached hydrogen (secondary N) is 1. The Hall–Kier alpha value is -0.620. The highest BCUT2D eigenvalue weighted by Gasteiger charge is 2.15. The summed E-state index contributed by atoms with van der Waals surface area (Å²) in [6.07, 6.45) is 0. The molecule has 0 aliphatic carbocycles. The van der Waals surface area contributed by atoms with Gasteiger partial charge in [0.25, 0.3) is 0 Å². The first-order valence-electron chi connectivity index (χ1n) is 5.18. The van der Waals surface area contributed by atoms with E-state index in [4.69, 9.17) is 17.4 Å². The first-order valence-corrected chi connectivity index (χ1v) is 6.64. The second-order valence-corrected chi connectivity index (χ2v) is 5.27. The summed E-state index contributed by atoms with van der Waals surface area (Å²) in [5.74, 6) is 5.66. The van der Waals surface area contributed by atoms with Crippen LogP contribution in [0, 0.1) is 3.57 Å². The van der Waals surface area contributed by atoms with Gasteiger partial charge in [-0.3, -0.25) is 5.84 Å². The van der Waals surface area contributed by atoms with Crippen molar-refractivity contribution in [1.82, 2.24) is 5.43 Å². The summed E-state index contributed by atoms with van der Waals surface area (Å²) in [6, 6.07) is 15.8. The molecule has 0 amide bonds. The molecule has 1 unspecified atom stereocenters. The fourth-order valence-corrected chi connectivity index (χ4v) is 2.57. The molecular formula is C13H12ClIN2. The van der Waals surface area contributed by atoms with Crippen LogP contribution < -0.4 is 11.3 Å². The van der Waals surface area contributed by atoms with E-state index < -0.39 is 0 Å². The maximum atomic E-state index is 6.03. The minimum atomic E-state index is -0.0400. The van der Waals surface area contributed by atoms with Crippen molar-refractivity contribution in [3.63, 3.8) is 0 Å². The molecule has 17 heavy (non-hydrogen) atoms. The number of nitrogens with two attached hydrogens (primary N) is 1. The molecule has 2 aromatic carbocycles. The number of rotatable bonds is 3. The first kappa shape index (κ1) is 12.8. The quantitative estimate of drug-likeness (QED) is 0.501. The Morgan fingerprint density at radius 1 is 1.12 bits per heavy atom. The van der Waals surface area contributed by atoms with Crippen molar-refractivity contribution in [2.24, 2.45) is 5.84 Å². The predicted molar refractivity (Wildman–Crippen MR) is 79.8 cm³/mol. The minimum Gasteiger partial charge on any atom is -0.271 e. The Kier molecular flexibility index (Phi) is 4.39. The molecule has 0 saturated carbocycles. The summed E-state index contributed by atoms with van der Waals surface area (Å²) in [7, 11) is 0. The lowest BCUT2D eigenvalue weighted by atomic mass is 9.99. The lowest BCUT2D eigenvalue weighted by Gasteiger charge is -2.18. The van der Waals surface area contributed by atoms with E-state index in [1.165, 1.54) is 0 Å². The van der Waals surface area contributed by atoms with Gasteiger partial charge >= 0.3 is 0 Å². The van der Waals surface area contributed by atoms with Gasteiger partial charge in [0.2, 0.25) is 0 Å². The largest absolute Gasteiger partial charge is 0.271 e. The van der Waals surface area contributed by atoms with E-state index in [2.05, 4.69) is 28.0 Å². The highest BCUT2D eigenvalue weighted by atomic mass is 127. The molecule has 2 aromatic rings. The summed E-state index contributed by atoms with van der Waals surface area (Å²) in [6.45, 7) is 0. The maximum Gasteiger partial charge on any atom is 0.0720 e. The second-order valence-electron chi connectivity index (χ2n) is 3.68. The van der Waals surface area contributed by atoms with Crippen molar-refractivity contribution in [3.05, 3.63) is 68.3 Å². The molecule has 0 fully saturated rings. The van der Waals surface area contributed by atoms with Gasteiger partial charge in [0.1, 0.15) is 0 Å². The Bertz CT molecular complexity index is 502. The van der Waals surface area contributed by atoms with Gasteiger partial charge in [-0.25, -0.2) is 5.43 Å². The average molecular weight is 359 g/mol. The number of halogens is 2. The Morgan fingerprint density at radius 3 is 2.47 bits per heavy atom. The highest BCUT2D eigenvalue weighted by Crippen LogP contribution is 2.27. The van der Waals surface area contributed by atoms with Gasteiger partial charge in [0.15, 0.2) is 0 Å². The molecule has 1 atom stereocenters. The van der Waals surface area contributed by atoms with Crippen molar-refractivity contribution in [1.29, 1.82) is 0 Å². The van der Waals surface area contributed by atoms with Crippen LogP contribution >= 0.6 is 34.2 Å². The topological polar surface area (TPSA) is 38.0 Å². The van der Waals surface area contributed by atoms with E-state index in [1.54, 1.807) is 0 Å². The molecule has 0 heterocycles. The lowest BCUT2D eigenvalue weighted by molar-refractivity contribution is 0.634. The van der Waals surface area contributed by atoms with Gasteiger partial charge in [0.05, 0.1) is 6.04 Å². The van der Waals surface area contributed by atoms with Gasteiger partial charge in [-0.1, -0.05) is 41.9 Å². The van der Waals surface area contributed by atoms with E-state index in [9.17, 15) is 0 Å². The van der Waals surface area contributed by atoms with Crippen LogP contribution in [0.15, 0.2) is 48.5 Å². The van der Waals surface area contributed by atoms with Gasteiger partial charge in [-0.05, 0) is 51.9 Å². The molecule has 2 nitrogen and oxygen atoms in total. The van der Waals surface area contributed by atoms with Crippen LogP contribution in [0.25, 0.3) is 0 Å². The van der Waals surface area contributed by atoms with Crippen LogP contribution in [0.1, 0.15) is 17.2 Å². The lowest BCUT2D eigenvalue weighted by Crippen LogP contribution is -2.29. The highest BCUT2D eigenvalue weighted by molar-refractivity contribution is 14.1. The van der Waals surface area contributed by atoms with Crippen LogP contribution in [-0.2, 0) is 0 Å². The maximum absolute atomic E-state index is 6.03. The SMILES string of the molecule is NNC(c1ccccc1)c1cc(Cl)ccc1I. The normalized spacial score (nSPS) is 12.4. The van der Waals surface area contributed by atoms with E-state index in [0.717, 1.165) is 19.7 Å². The zero-order chi connectivity index (χ0) is 12.3. The average Bonchev–Trinajstić information content (AvgIpc) is 2.36. The third kappa shape index (κ3) is 2.98. The molecule has 3 N–H and O–H groups in total. The monoisotopic (exact) mass is 358 g/mol. The Labute approximate surface area is 119 Å². The molecule has 4 heteroatoms. The zero-order valence-electron chi connectivity index (χ0n) is 9.03. The Balaban J connectivity index is 2.46. The molecule has 0 aliphatic rings. The Morgan fingerprint density at radius 2 is 1.82 bits per heavy atom. The molecule has 0 spiro atoms. The third-order valence-electron chi connectivity index (χ3n) is 2.57. The summed E-state index contributed by atoms with van der Waals surface area (Å²) in [5, 5.41) is 0.719. The molecule has 0 aromatic heterocycles. The predicted octanol–water partition coefficient (Wildman–Crippen LogP) is 3.50. The number of hydrogen-bond acceptors (Lipinski definition) is 2. The van der Waals surface area contributed by atoms with Gasteiger partial charge in [-0.2, -0.15) is 0 Å². The number of hydrogen-bond donors (Lipinski definition) is 2. The zero-order valence-corrected chi connectivity index (χ0v) is 11.9. The van der Waals surface area contributed by atoms with E-state index in [1.807, 2.05) is 48.5 Å². The van der Waals surface area contributed by atoms with Crippen molar-refractivity contribution in [2.45, 2.75) is 6.04 Å². The van der Waals surface area contributed by atoms with Crippen LogP contribution in [-0.4, -0.2) is 0 Å². The number of benzene rings is 2. The minimum absolute atomic E-state index is 0.0400. The first-order chi connectivity index (χ1) is 8.22. The standard InChI is InChI=1S/C13H12ClIN2/c14-10-6-7-12(15)11(8-10)13(17-16)9-4-2-1-3-5-9/h1-8,13,17H,16H2. The molecule has 0 radical (unpaired) electrons. The van der Waals surface area contributed by atoms with Crippen molar-refractivity contribution < 1.29 is 0 Å². The number of hydrazine groups is 1. The molecule has 0 aliphatic heterocycles. The summed E-state index contributed by atoms with van der Waals surface area (Å²) in [5.41, 5.74) is 5.05. The fourth-order valence-electron chi connectivity index (χ4n) is 1.75. The van der Waals surface area contributed by atoms with Crippen LogP contribution in [0.2, 0.25) is 5.02 Å². The van der Waals surface area contributed by atoms with Crippen molar-refractivity contribution in [3.8, 4) is 0 Å². The van der Waals surface area contributed by atoms with Crippen LogP contribution in [0.4, 0.5) is 0 Å². The summed E-state index contributed by atoms with van der Waals surface area (Å²) < 4.78 is 1.14. The van der Waals surface area contributed by atoms with Crippen LogP contribution in [0.3, 0.4) is 0 Å². The van der Waals surface area contributed by atoms with Gasteiger partial charge in [0, 0.05) is 8.59 Å². The van der Waals surface area contributed by atoms with Gasteiger partial charge in [-0.15, -0.1) is 0 Å². The molecule has 0 bridgehead atoms. The van der Waals surface area contributed by atoms with Crippen molar-refractivity contribution in [2.75, 3.05) is 0 Å². The summed E-state index contributed by atoms with van der Waals surface area (Å²) in [4.78, 5) is 0. The van der Waals surface area contributed by atoms with E-state index >= 15 is 0 Å². The molecule has 2 rings (SSSR count). The van der Waals surface area contributed by atoms with E-state index in [0.29, 0.717) is 0 Å². The molecule has 88 valence electrons. The second kappa shape index (κ2) is 5.82. The van der Waals surface area contributed by atoms with Gasteiger partial charge < -0.3 is 0 Å². The van der Waals surface area contributed by atoms with Crippen molar-refractivity contribution >= 4 is 34.2 Å².